The van der Waals surface area contributed by atoms with E-state index in [1.165, 1.54) is 6.92 Å². The Hall–Kier alpha value is -1.42. The summed E-state index contributed by atoms with van der Waals surface area (Å²) < 4.78 is 2.54. The minimum atomic E-state index is 0.00301. The second-order valence-corrected chi connectivity index (χ2v) is 3.99. The van der Waals surface area contributed by atoms with E-state index in [9.17, 15) is 4.79 Å². The number of carbonyl (C=O) groups excluding carboxylic acids is 1. The summed E-state index contributed by atoms with van der Waals surface area (Å²) in [5.41, 5.74) is 1.45. The summed E-state index contributed by atoms with van der Waals surface area (Å²) in [5.74, 6) is 0.00301. The van der Waals surface area contributed by atoms with Gasteiger partial charge in [0.25, 0.3) is 0 Å². The highest BCUT2D eigenvalue weighted by Gasteiger charge is 2.10. The van der Waals surface area contributed by atoms with Crippen molar-refractivity contribution in [1.29, 1.82) is 0 Å². The summed E-state index contributed by atoms with van der Waals surface area (Å²) in [5, 5.41) is 4.13. The van der Waals surface area contributed by atoms with Crippen LogP contribution in [0.2, 0.25) is 0 Å². The van der Waals surface area contributed by atoms with Crippen LogP contribution in [-0.2, 0) is 0 Å². The molecule has 0 bridgehead atoms. The first-order valence-corrected chi connectivity index (χ1v) is 5.29. The van der Waals surface area contributed by atoms with Gasteiger partial charge in [-0.1, -0.05) is 12.1 Å². The highest BCUT2D eigenvalue weighted by atomic mass is 79.9. The summed E-state index contributed by atoms with van der Waals surface area (Å²) in [7, 11) is 0. The van der Waals surface area contributed by atoms with Crippen LogP contribution >= 0.6 is 15.9 Å². The molecule has 3 nitrogen and oxygen atoms in total. The number of Topliss-reactive ketones (excluding diaryl/α,β-unsaturated/α-hetero) is 1. The van der Waals surface area contributed by atoms with Gasteiger partial charge >= 0.3 is 0 Å². The normalized spacial score (nSPS) is 10.3. The maximum absolute atomic E-state index is 11.3. The lowest BCUT2D eigenvalue weighted by Crippen LogP contribution is -2.06. The minimum Gasteiger partial charge on any atom is -0.293 e. The number of rotatable bonds is 2. The van der Waals surface area contributed by atoms with Gasteiger partial charge in [0.15, 0.2) is 5.78 Å². The number of halogens is 1. The number of para-hydroxylation sites is 1. The fourth-order valence-electron chi connectivity index (χ4n) is 1.39. The van der Waals surface area contributed by atoms with E-state index in [0.29, 0.717) is 5.69 Å². The van der Waals surface area contributed by atoms with Crippen molar-refractivity contribution in [3.8, 4) is 5.69 Å². The van der Waals surface area contributed by atoms with Crippen LogP contribution in [0.5, 0.6) is 0 Å². The molecule has 0 atom stereocenters. The number of carbonyl (C=O) groups is 1. The summed E-state index contributed by atoms with van der Waals surface area (Å²) in [4.78, 5) is 11.3. The lowest BCUT2D eigenvalue weighted by Gasteiger charge is -2.06. The molecule has 76 valence electrons. The Morgan fingerprint density at radius 1 is 1.33 bits per heavy atom. The quantitative estimate of drug-likeness (QED) is 0.782. The third-order valence-electron chi connectivity index (χ3n) is 2.08. The second-order valence-electron chi connectivity index (χ2n) is 3.14. The van der Waals surface area contributed by atoms with Gasteiger partial charge < -0.3 is 0 Å². The van der Waals surface area contributed by atoms with Crippen LogP contribution in [-0.4, -0.2) is 15.6 Å². The topological polar surface area (TPSA) is 34.9 Å². The van der Waals surface area contributed by atoms with Gasteiger partial charge in [0.2, 0.25) is 0 Å². The lowest BCUT2D eigenvalue weighted by atomic mass is 10.3. The molecular weight excluding hydrogens is 256 g/mol. The number of hydrogen-bond acceptors (Lipinski definition) is 2. The molecule has 0 spiro atoms. The van der Waals surface area contributed by atoms with Gasteiger partial charge in [-0.2, -0.15) is 5.10 Å². The average molecular weight is 265 g/mol. The van der Waals surface area contributed by atoms with E-state index in [4.69, 9.17) is 0 Å². The maximum Gasteiger partial charge on any atom is 0.178 e. The Morgan fingerprint density at radius 3 is 2.73 bits per heavy atom. The molecule has 0 aliphatic heterocycles. The Kier molecular flexibility index (Phi) is 2.68. The monoisotopic (exact) mass is 264 g/mol. The van der Waals surface area contributed by atoms with E-state index in [2.05, 4.69) is 21.0 Å². The molecule has 1 aromatic heterocycles. The smallest absolute Gasteiger partial charge is 0.178 e. The van der Waals surface area contributed by atoms with E-state index in [-0.39, 0.29) is 5.78 Å². The van der Waals surface area contributed by atoms with Gasteiger partial charge in [0.1, 0.15) is 5.69 Å². The molecule has 0 unspecified atom stereocenters. The molecule has 2 rings (SSSR count). The largest absolute Gasteiger partial charge is 0.293 e. The third kappa shape index (κ3) is 1.85. The first-order valence-electron chi connectivity index (χ1n) is 4.50. The average Bonchev–Trinajstić information content (AvgIpc) is 2.67. The molecule has 1 heterocycles. The van der Waals surface area contributed by atoms with Crippen molar-refractivity contribution in [2.24, 2.45) is 0 Å². The van der Waals surface area contributed by atoms with E-state index >= 15 is 0 Å². The zero-order valence-corrected chi connectivity index (χ0v) is 9.73. The Bertz CT molecular complexity index is 505. The summed E-state index contributed by atoms with van der Waals surface area (Å²) in [6, 6.07) is 9.36. The van der Waals surface area contributed by atoms with Crippen molar-refractivity contribution < 1.29 is 4.79 Å². The van der Waals surface area contributed by atoms with Crippen LogP contribution in [0.15, 0.2) is 41.0 Å². The van der Waals surface area contributed by atoms with Gasteiger partial charge in [-0.3, -0.25) is 4.79 Å². The zero-order chi connectivity index (χ0) is 10.8. The van der Waals surface area contributed by atoms with Crippen molar-refractivity contribution in [2.75, 3.05) is 0 Å². The summed E-state index contributed by atoms with van der Waals surface area (Å²) in [6.45, 7) is 1.53. The Morgan fingerprint density at radius 2 is 2.07 bits per heavy atom. The molecule has 0 aliphatic rings. The predicted molar refractivity (Wildman–Crippen MR) is 61.3 cm³/mol. The fraction of sp³-hybridized carbons (Fsp3) is 0.0909. The van der Waals surface area contributed by atoms with Crippen LogP contribution in [0.25, 0.3) is 5.69 Å². The number of benzene rings is 1. The first-order chi connectivity index (χ1) is 7.20. The number of ketones is 1. The van der Waals surface area contributed by atoms with Crippen molar-refractivity contribution in [3.05, 3.63) is 46.7 Å². The van der Waals surface area contributed by atoms with E-state index in [1.807, 2.05) is 24.3 Å². The Balaban J connectivity index is 2.59. The molecule has 4 heteroatoms. The zero-order valence-electron chi connectivity index (χ0n) is 8.14. The van der Waals surface area contributed by atoms with Crippen molar-refractivity contribution in [2.45, 2.75) is 6.92 Å². The van der Waals surface area contributed by atoms with E-state index in [1.54, 1.807) is 16.9 Å². The fourth-order valence-corrected chi connectivity index (χ4v) is 1.84. The van der Waals surface area contributed by atoms with Crippen LogP contribution in [0, 0.1) is 0 Å². The molecule has 0 fully saturated rings. The molecule has 15 heavy (non-hydrogen) atoms. The highest BCUT2D eigenvalue weighted by molar-refractivity contribution is 9.10. The van der Waals surface area contributed by atoms with Crippen molar-refractivity contribution in [3.63, 3.8) is 0 Å². The molecule has 2 aromatic rings. The van der Waals surface area contributed by atoms with E-state index in [0.717, 1.165) is 10.2 Å². The van der Waals surface area contributed by atoms with Gasteiger partial charge in [0.05, 0.1) is 11.9 Å². The molecule has 0 aliphatic carbocycles. The number of nitrogens with zero attached hydrogens (tertiary/aromatic N) is 2. The molecule has 0 saturated carbocycles. The maximum atomic E-state index is 11.3. The van der Waals surface area contributed by atoms with Gasteiger partial charge in [-0.05, 0) is 34.1 Å². The summed E-state index contributed by atoms with van der Waals surface area (Å²) in [6.07, 6.45) is 1.62. The third-order valence-corrected chi connectivity index (χ3v) is 2.75. The Labute approximate surface area is 95.9 Å². The van der Waals surface area contributed by atoms with E-state index < -0.39 is 0 Å². The molecule has 0 saturated heterocycles. The minimum absolute atomic E-state index is 0.00301. The second kappa shape index (κ2) is 3.98. The van der Waals surface area contributed by atoms with Crippen LogP contribution in [0.4, 0.5) is 0 Å². The van der Waals surface area contributed by atoms with Crippen molar-refractivity contribution >= 4 is 21.7 Å². The molecule has 1 aromatic carbocycles. The van der Waals surface area contributed by atoms with Crippen molar-refractivity contribution in [1.82, 2.24) is 9.78 Å². The first kappa shape index (κ1) is 10.1. The van der Waals surface area contributed by atoms with Gasteiger partial charge in [-0.25, -0.2) is 4.68 Å². The molecule has 0 amide bonds. The van der Waals surface area contributed by atoms with Crippen LogP contribution in [0.3, 0.4) is 0 Å². The number of aromatic nitrogens is 2. The van der Waals surface area contributed by atoms with Gasteiger partial charge in [-0.15, -0.1) is 0 Å². The lowest BCUT2D eigenvalue weighted by molar-refractivity contribution is 0.101. The van der Waals surface area contributed by atoms with Gasteiger partial charge in [0, 0.05) is 11.4 Å². The predicted octanol–water partition coefficient (Wildman–Crippen LogP) is 2.84. The molecule has 0 N–H and O–H groups in total. The highest BCUT2D eigenvalue weighted by Crippen LogP contribution is 2.21. The number of hydrogen-bond donors (Lipinski definition) is 0. The SMILES string of the molecule is CC(=O)c1ccnn1-c1ccccc1Br. The van der Waals surface area contributed by atoms with Crippen LogP contribution < -0.4 is 0 Å². The molecular formula is C11H9BrN2O. The van der Waals surface area contributed by atoms with Crippen LogP contribution in [0.1, 0.15) is 17.4 Å². The standard InChI is InChI=1S/C11H9BrN2O/c1-8(15)10-6-7-13-14(10)11-5-3-2-4-9(11)12/h2-7H,1H3. The summed E-state index contributed by atoms with van der Waals surface area (Å²) >= 11 is 3.43. The molecule has 0 radical (unpaired) electrons.